The molecule has 0 amide bonds. The summed E-state index contributed by atoms with van der Waals surface area (Å²) < 4.78 is 6.10. The van der Waals surface area contributed by atoms with Crippen LogP contribution in [0.5, 0.6) is 0 Å². The van der Waals surface area contributed by atoms with Crippen molar-refractivity contribution < 1.29 is 14.3 Å². The molecule has 76 valence electrons. The van der Waals surface area contributed by atoms with Gasteiger partial charge in [0.1, 0.15) is 12.2 Å². The number of carbonyl (C=O) groups is 2. The fourth-order valence-electron chi connectivity index (χ4n) is 1.17. The van der Waals surface area contributed by atoms with Gasteiger partial charge in [0, 0.05) is 13.2 Å². The number of rotatable bonds is 4. The van der Waals surface area contributed by atoms with Crippen molar-refractivity contribution in [2.75, 3.05) is 7.11 Å². The van der Waals surface area contributed by atoms with Gasteiger partial charge in [-0.25, -0.2) is 0 Å². The molecule has 0 fully saturated rings. The van der Waals surface area contributed by atoms with Crippen LogP contribution in [0.4, 0.5) is 0 Å². The van der Waals surface area contributed by atoms with Crippen LogP contribution in [0, 0.1) is 5.92 Å². The Morgan fingerprint density at radius 2 is 2.50 bits per heavy atom. The minimum atomic E-state index is -0.732. The maximum Gasteiger partial charge on any atom is 0.316 e. The number of aromatic nitrogens is 2. The second-order valence-corrected chi connectivity index (χ2v) is 2.99. The highest BCUT2D eigenvalue weighted by atomic mass is 16.5. The minimum Gasteiger partial charge on any atom is -0.468 e. The summed E-state index contributed by atoms with van der Waals surface area (Å²) in [6.07, 6.45) is 4.32. The van der Waals surface area contributed by atoms with Crippen molar-refractivity contribution in [3.63, 3.8) is 0 Å². The molecule has 0 bridgehead atoms. The number of methoxy groups -OCH3 is 1. The maximum atomic E-state index is 11.1. The zero-order valence-electron chi connectivity index (χ0n) is 8.14. The Morgan fingerprint density at radius 1 is 1.79 bits per heavy atom. The Kier molecular flexibility index (Phi) is 3.39. The fourth-order valence-corrected chi connectivity index (χ4v) is 1.17. The average molecular weight is 196 g/mol. The first-order valence-electron chi connectivity index (χ1n) is 4.18. The number of aryl methyl sites for hydroxylation is 1. The van der Waals surface area contributed by atoms with E-state index >= 15 is 0 Å². The van der Waals surface area contributed by atoms with Crippen LogP contribution < -0.4 is 0 Å². The number of aldehydes is 1. The van der Waals surface area contributed by atoms with Crippen LogP contribution in [-0.4, -0.2) is 29.1 Å². The standard InChI is InChI=1S/C9H12N2O3/c1-11-5-7(4-10-11)3-8(6-12)9(13)14-2/h4-6,8H,3H2,1-2H3/t8-/m0/s1. The van der Waals surface area contributed by atoms with E-state index in [1.54, 1.807) is 24.1 Å². The minimum absolute atomic E-state index is 0.337. The lowest BCUT2D eigenvalue weighted by atomic mass is 10.0. The van der Waals surface area contributed by atoms with Crippen LogP contribution in [0.1, 0.15) is 5.56 Å². The van der Waals surface area contributed by atoms with E-state index in [1.165, 1.54) is 7.11 Å². The average Bonchev–Trinajstić information content (AvgIpc) is 2.59. The van der Waals surface area contributed by atoms with E-state index in [-0.39, 0.29) is 0 Å². The highest BCUT2D eigenvalue weighted by Gasteiger charge is 2.19. The molecule has 0 saturated heterocycles. The second kappa shape index (κ2) is 4.55. The van der Waals surface area contributed by atoms with Crippen LogP contribution in [0.25, 0.3) is 0 Å². The normalized spacial score (nSPS) is 12.1. The van der Waals surface area contributed by atoms with E-state index in [0.29, 0.717) is 12.7 Å². The summed E-state index contributed by atoms with van der Waals surface area (Å²) in [5.41, 5.74) is 0.843. The van der Waals surface area contributed by atoms with Gasteiger partial charge in [-0.1, -0.05) is 0 Å². The second-order valence-electron chi connectivity index (χ2n) is 2.99. The van der Waals surface area contributed by atoms with E-state index in [0.717, 1.165) is 5.56 Å². The predicted molar refractivity (Wildman–Crippen MR) is 48.5 cm³/mol. The van der Waals surface area contributed by atoms with Gasteiger partial charge in [-0.05, 0) is 12.0 Å². The topological polar surface area (TPSA) is 61.2 Å². The van der Waals surface area contributed by atoms with Crippen LogP contribution >= 0.6 is 0 Å². The molecule has 5 nitrogen and oxygen atoms in total. The van der Waals surface area contributed by atoms with Gasteiger partial charge in [-0.3, -0.25) is 9.48 Å². The van der Waals surface area contributed by atoms with Crippen LogP contribution in [0.2, 0.25) is 0 Å². The molecule has 1 heterocycles. The molecule has 1 atom stereocenters. The van der Waals surface area contributed by atoms with E-state index in [1.807, 2.05) is 0 Å². The largest absolute Gasteiger partial charge is 0.468 e. The van der Waals surface area contributed by atoms with Crippen LogP contribution in [-0.2, 0) is 27.8 Å². The van der Waals surface area contributed by atoms with Crippen molar-refractivity contribution in [2.24, 2.45) is 13.0 Å². The molecule has 0 saturated carbocycles. The third-order valence-corrected chi connectivity index (χ3v) is 1.88. The van der Waals surface area contributed by atoms with Crippen molar-refractivity contribution in [3.8, 4) is 0 Å². The molecule has 1 rings (SSSR count). The summed E-state index contributed by atoms with van der Waals surface area (Å²) in [5, 5.41) is 3.94. The number of ether oxygens (including phenoxy) is 1. The van der Waals surface area contributed by atoms with Crippen molar-refractivity contribution in [1.82, 2.24) is 9.78 Å². The Labute approximate surface area is 81.7 Å². The Balaban J connectivity index is 2.65. The molecule has 5 heteroatoms. The summed E-state index contributed by atoms with van der Waals surface area (Å²) in [6, 6.07) is 0. The molecule has 0 N–H and O–H groups in total. The summed E-state index contributed by atoms with van der Waals surface area (Å²) >= 11 is 0. The molecular weight excluding hydrogens is 184 g/mol. The molecule has 0 radical (unpaired) electrons. The first kappa shape index (κ1) is 10.4. The van der Waals surface area contributed by atoms with Gasteiger partial charge in [0.25, 0.3) is 0 Å². The highest BCUT2D eigenvalue weighted by molar-refractivity contribution is 5.87. The molecule has 0 spiro atoms. The van der Waals surface area contributed by atoms with Gasteiger partial charge in [0.2, 0.25) is 0 Å². The Hall–Kier alpha value is -1.65. The zero-order chi connectivity index (χ0) is 10.6. The zero-order valence-corrected chi connectivity index (χ0v) is 8.14. The number of carbonyl (C=O) groups excluding carboxylic acids is 2. The molecule has 1 aromatic rings. The van der Waals surface area contributed by atoms with Gasteiger partial charge in [0.05, 0.1) is 13.3 Å². The molecule has 0 aliphatic heterocycles. The van der Waals surface area contributed by atoms with Crippen LogP contribution in [0.3, 0.4) is 0 Å². The molecular formula is C9H12N2O3. The molecule has 14 heavy (non-hydrogen) atoms. The van der Waals surface area contributed by atoms with E-state index in [4.69, 9.17) is 0 Å². The van der Waals surface area contributed by atoms with E-state index in [2.05, 4.69) is 9.84 Å². The highest BCUT2D eigenvalue weighted by Crippen LogP contribution is 2.07. The Bertz CT molecular complexity index is 333. The lowest BCUT2D eigenvalue weighted by Gasteiger charge is -2.05. The van der Waals surface area contributed by atoms with Crippen LogP contribution in [0.15, 0.2) is 12.4 Å². The van der Waals surface area contributed by atoms with Crippen molar-refractivity contribution in [3.05, 3.63) is 18.0 Å². The summed E-state index contributed by atoms with van der Waals surface area (Å²) in [4.78, 5) is 21.7. The number of nitrogens with zero attached hydrogens (tertiary/aromatic N) is 2. The van der Waals surface area contributed by atoms with E-state index < -0.39 is 11.9 Å². The summed E-state index contributed by atoms with van der Waals surface area (Å²) in [7, 11) is 3.04. The first-order valence-corrected chi connectivity index (χ1v) is 4.18. The lowest BCUT2D eigenvalue weighted by Crippen LogP contribution is -2.19. The smallest absolute Gasteiger partial charge is 0.316 e. The lowest BCUT2D eigenvalue weighted by molar-refractivity contribution is -0.146. The molecule has 0 aliphatic carbocycles. The van der Waals surface area contributed by atoms with Crippen molar-refractivity contribution >= 4 is 12.3 Å². The first-order chi connectivity index (χ1) is 6.67. The summed E-state index contributed by atoms with van der Waals surface area (Å²) in [5.74, 6) is -1.24. The number of esters is 1. The Morgan fingerprint density at radius 3 is 2.93 bits per heavy atom. The van der Waals surface area contributed by atoms with Gasteiger partial charge >= 0.3 is 5.97 Å². The molecule has 1 aromatic heterocycles. The SMILES string of the molecule is COC(=O)[C@H](C=O)Cc1cnn(C)c1. The summed E-state index contributed by atoms with van der Waals surface area (Å²) in [6.45, 7) is 0. The molecule has 0 unspecified atom stereocenters. The van der Waals surface area contributed by atoms with Gasteiger partial charge in [-0.15, -0.1) is 0 Å². The van der Waals surface area contributed by atoms with Gasteiger partial charge < -0.3 is 9.53 Å². The van der Waals surface area contributed by atoms with E-state index in [9.17, 15) is 9.59 Å². The maximum absolute atomic E-state index is 11.1. The fraction of sp³-hybridized carbons (Fsp3) is 0.444. The molecule has 0 aliphatic rings. The van der Waals surface area contributed by atoms with Gasteiger partial charge in [-0.2, -0.15) is 5.10 Å². The third-order valence-electron chi connectivity index (χ3n) is 1.88. The van der Waals surface area contributed by atoms with Crippen molar-refractivity contribution in [2.45, 2.75) is 6.42 Å². The third kappa shape index (κ3) is 2.42. The number of hydrogen-bond donors (Lipinski definition) is 0. The quantitative estimate of drug-likeness (QED) is 0.385. The van der Waals surface area contributed by atoms with Crippen molar-refractivity contribution in [1.29, 1.82) is 0 Å². The number of hydrogen-bond acceptors (Lipinski definition) is 4. The predicted octanol–water partition coefficient (Wildman–Crippen LogP) is -0.0493. The van der Waals surface area contributed by atoms with Gasteiger partial charge in [0.15, 0.2) is 0 Å². The molecule has 0 aromatic carbocycles. The monoisotopic (exact) mass is 196 g/mol.